The largest absolute Gasteiger partial charge is 0.396 e. The third kappa shape index (κ3) is 3.23. The number of aliphatic hydroxyl groups is 1. The highest BCUT2D eigenvalue weighted by molar-refractivity contribution is 6.29. The Morgan fingerprint density at radius 3 is 2.74 bits per heavy atom. The van der Waals surface area contributed by atoms with E-state index in [1.54, 1.807) is 19.1 Å². The number of carbonyl (C=O) groups excluding carboxylic acids is 1. The molecular weight excluding hydrogens is 312 g/mol. The average Bonchev–Trinajstić information content (AvgIpc) is 3.29. The molecule has 23 heavy (non-hydrogen) atoms. The summed E-state index contributed by atoms with van der Waals surface area (Å²) >= 11 is 5.81. The highest BCUT2D eigenvalue weighted by atomic mass is 35.5. The van der Waals surface area contributed by atoms with Crippen molar-refractivity contribution in [1.82, 2.24) is 10.3 Å². The van der Waals surface area contributed by atoms with Crippen LogP contribution < -0.4 is 5.32 Å². The van der Waals surface area contributed by atoms with Gasteiger partial charge in [-0.1, -0.05) is 41.9 Å². The van der Waals surface area contributed by atoms with E-state index in [-0.39, 0.29) is 17.9 Å². The predicted octanol–water partition coefficient (Wildman–Crippen LogP) is 2.94. The van der Waals surface area contributed by atoms with Gasteiger partial charge in [-0.05, 0) is 37.0 Å². The van der Waals surface area contributed by atoms with Crippen LogP contribution >= 0.6 is 11.6 Å². The predicted molar refractivity (Wildman–Crippen MR) is 89.6 cm³/mol. The van der Waals surface area contributed by atoms with Crippen LogP contribution in [-0.2, 0) is 0 Å². The van der Waals surface area contributed by atoms with Crippen LogP contribution in [0, 0.1) is 12.3 Å². The summed E-state index contributed by atoms with van der Waals surface area (Å²) in [5, 5.41) is 13.1. The number of carbonyl (C=O) groups is 1. The molecule has 0 aliphatic heterocycles. The smallest absolute Gasteiger partial charge is 0.253 e. The molecule has 120 valence electrons. The van der Waals surface area contributed by atoms with Gasteiger partial charge in [0.15, 0.2) is 0 Å². The molecule has 1 aliphatic carbocycles. The van der Waals surface area contributed by atoms with Crippen molar-refractivity contribution in [3.8, 4) is 0 Å². The molecule has 1 fully saturated rings. The lowest BCUT2D eigenvalue weighted by Crippen LogP contribution is -2.33. The molecule has 0 radical (unpaired) electrons. The van der Waals surface area contributed by atoms with Gasteiger partial charge in [0, 0.05) is 12.0 Å². The fourth-order valence-electron chi connectivity index (χ4n) is 3.05. The number of hydrogen-bond acceptors (Lipinski definition) is 3. The van der Waals surface area contributed by atoms with Gasteiger partial charge < -0.3 is 10.4 Å². The number of aromatic nitrogens is 1. The summed E-state index contributed by atoms with van der Waals surface area (Å²) in [7, 11) is 0. The minimum Gasteiger partial charge on any atom is -0.396 e. The highest BCUT2D eigenvalue weighted by Gasteiger charge is 2.54. The van der Waals surface area contributed by atoms with Crippen molar-refractivity contribution >= 4 is 17.5 Å². The highest BCUT2D eigenvalue weighted by Crippen LogP contribution is 2.58. The summed E-state index contributed by atoms with van der Waals surface area (Å²) < 4.78 is 0. The Labute approximate surface area is 140 Å². The molecule has 5 heteroatoms. The van der Waals surface area contributed by atoms with Gasteiger partial charge in [-0.25, -0.2) is 4.98 Å². The number of rotatable bonds is 5. The van der Waals surface area contributed by atoms with Gasteiger partial charge in [0.2, 0.25) is 0 Å². The Bertz CT molecular complexity index is 720. The first kappa shape index (κ1) is 16.0. The molecule has 2 atom stereocenters. The van der Waals surface area contributed by atoms with E-state index in [1.165, 1.54) is 5.56 Å². The van der Waals surface area contributed by atoms with Crippen LogP contribution in [0.2, 0.25) is 5.15 Å². The van der Waals surface area contributed by atoms with Crippen LogP contribution in [0.1, 0.15) is 34.0 Å². The average molecular weight is 331 g/mol. The summed E-state index contributed by atoms with van der Waals surface area (Å²) in [6.45, 7) is 2.27. The number of halogens is 1. The Morgan fingerprint density at radius 2 is 2.09 bits per heavy atom. The first-order chi connectivity index (χ1) is 11.1. The number of benzene rings is 1. The van der Waals surface area contributed by atoms with Crippen LogP contribution in [0.4, 0.5) is 0 Å². The molecule has 1 aromatic carbocycles. The van der Waals surface area contributed by atoms with E-state index in [2.05, 4.69) is 22.4 Å². The molecule has 0 saturated heterocycles. The normalized spacial score (nSPS) is 22.7. The zero-order valence-electron chi connectivity index (χ0n) is 12.9. The SMILES string of the molecule is Cc1nc(Cl)ccc1C(=O)NCC1(CO)CC1c1ccccc1. The third-order valence-corrected chi connectivity index (χ3v) is 4.81. The van der Waals surface area contributed by atoms with Crippen LogP contribution in [-0.4, -0.2) is 29.1 Å². The minimum atomic E-state index is -0.259. The van der Waals surface area contributed by atoms with Crippen LogP contribution in [0.15, 0.2) is 42.5 Å². The number of nitrogens with zero attached hydrogens (tertiary/aromatic N) is 1. The molecule has 2 N–H and O–H groups in total. The maximum atomic E-state index is 12.3. The van der Waals surface area contributed by atoms with Crippen molar-refractivity contribution in [2.75, 3.05) is 13.2 Å². The first-order valence-corrected chi connectivity index (χ1v) is 8.01. The molecular formula is C18H19ClN2O2. The van der Waals surface area contributed by atoms with Gasteiger partial charge in [-0.15, -0.1) is 0 Å². The lowest BCUT2D eigenvalue weighted by molar-refractivity contribution is 0.0933. The number of aryl methyl sites for hydroxylation is 1. The van der Waals surface area contributed by atoms with Crippen molar-refractivity contribution in [3.05, 3.63) is 64.4 Å². The monoisotopic (exact) mass is 330 g/mol. The maximum Gasteiger partial charge on any atom is 0.253 e. The fourth-order valence-corrected chi connectivity index (χ4v) is 3.24. The molecule has 0 spiro atoms. The van der Waals surface area contributed by atoms with E-state index in [0.29, 0.717) is 28.9 Å². The summed E-state index contributed by atoms with van der Waals surface area (Å²) in [5.41, 5.74) is 2.06. The molecule has 0 bridgehead atoms. The molecule has 1 saturated carbocycles. The number of nitrogens with one attached hydrogen (secondary N) is 1. The zero-order valence-corrected chi connectivity index (χ0v) is 13.7. The second kappa shape index (κ2) is 6.30. The molecule has 2 unspecified atom stereocenters. The number of hydrogen-bond donors (Lipinski definition) is 2. The van der Waals surface area contributed by atoms with Crippen molar-refractivity contribution < 1.29 is 9.90 Å². The second-order valence-electron chi connectivity index (χ2n) is 6.14. The fraction of sp³-hybridized carbons (Fsp3) is 0.333. The number of aliphatic hydroxyl groups excluding tert-OH is 1. The molecule has 1 aromatic heterocycles. The van der Waals surface area contributed by atoms with E-state index >= 15 is 0 Å². The Hall–Kier alpha value is -1.91. The standard InChI is InChI=1S/C18H19ClN2O2/c1-12-14(7-8-16(19)21-12)17(23)20-10-18(11-22)9-15(18)13-5-3-2-4-6-13/h2-8,15,22H,9-11H2,1H3,(H,20,23). The van der Waals surface area contributed by atoms with Crippen molar-refractivity contribution in [2.45, 2.75) is 19.3 Å². The Balaban J connectivity index is 1.66. The van der Waals surface area contributed by atoms with E-state index in [1.807, 2.05) is 18.2 Å². The van der Waals surface area contributed by atoms with Crippen LogP contribution in [0.5, 0.6) is 0 Å². The molecule has 1 heterocycles. The quantitative estimate of drug-likeness (QED) is 0.829. The topological polar surface area (TPSA) is 62.2 Å². The summed E-state index contributed by atoms with van der Waals surface area (Å²) in [4.78, 5) is 16.4. The zero-order chi connectivity index (χ0) is 16.4. The van der Waals surface area contributed by atoms with Gasteiger partial charge in [-0.2, -0.15) is 0 Å². The summed E-state index contributed by atoms with van der Waals surface area (Å²) in [6.07, 6.45) is 0.881. The maximum absolute atomic E-state index is 12.3. The Kier molecular flexibility index (Phi) is 4.37. The van der Waals surface area contributed by atoms with Crippen LogP contribution in [0.3, 0.4) is 0 Å². The number of amides is 1. The molecule has 1 amide bonds. The van der Waals surface area contributed by atoms with Gasteiger partial charge in [0.05, 0.1) is 17.9 Å². The lowest BCUT2D eigenvalue weighted by Gasteiger charge is -2.16. The molecule has 3 rings (SSSR count). The van der Waals surface area contributed by atoms with Crippen molar-refractivity contribution in [1.29, 1.82) is 0 Å². The molecule has 1 aliphatic rings. The first-order valence-electron chi connectivity index (χ1n) is 7.63. The van der Waals surface area contributed by atoms with Gasteiger partial charge >= 0.3 is 0 Å². The van der Waals surface area contributed by atoms with E-state index in [0.717, 1.165) is 6.42 Å². The van der Waals surface area contributed by atoms with Gasteiger partial charge in [0.25, 0.3) is 5.91 Å². The molecule has 4 nitrogen and oxygen atoms in total. The summed E-state index contributed by atoms with van der Waals surface area (Å²) in [5.74, 6) is 0.108. The second-order valence-corrected chi connectivity index (χ2v) is 6.52. The Morgan fingerprint density at radius 1 is 1.35 bits per heavy atom. The summed E-state index contributed by atoms with van der Waals surface area (Å²) in [6, 6.07) is 13.4. The van der Waals surface area contributed by atoms with Crippen molar-refractivity contribution in [3.63, 3.8) is 0 Å². The van der Waals surface area contributed by atoms with E-state index < -0.39 is 0 Å². The van der Waals surface area contributed by atoms with E-state index in [4.69, 9.17) is 11.6 Å². The van der Waals surface area contributed by atoms with Crippen LogP contribution in [0.25, 0.3) is 0 Å². The molecule has 2 aromatic rings. The van der Waals surface area contributed by atoms with Gasteiger partial charge in [0.1, 0.15) is 5.15 Å². The van der Waals surface area contributed by atoms with Gasteiger partial charge in [-0.3, -0.25) is 4.79 Å². The lowest BCUT2D eigenvalue weighted by atomic mass is 9.99. The van der Waals surface area contributed by atoms with Crippen molar-refractivity contribution in [2.24, 2.45) is 5.41 Å². The van der Waals surface area contributed by atoms with E-state index in [9.17, 15) is 9.90 Å². The number of pyridine rings is 1. The third-order valence-electron chi connectivity index (χ3n) is 4.60. The minimum absolute atomic E-state index is 0.0602.